The molecule has 0 aliphatic heterocycles. The molecule has 1 fully saturated rings. The van der Waals surface area contributed by atoms with E-state index in [1.54, 1.807) is 11.4 Å². The summed E-state index contributed by atoms with van der Waals surface area (Å²) in [7, 11) is 0. The number of aromatic nitrogens is 1. The van der Waals surface area contributed by atoms with Crippen molar-refractivity contribution in [3.05, 3.63) is 29.7 Å². The number of hydrogen-bond donors (Lipinski definition) is 0. The topological polar surface area (TPSA) is 46.3 Å². The number of halogens is 3. The fraction of sp³-hybridized carbons (Fsp3) is 0.429. The minimum absolute atomic E-state index is 0.110. The molecule has 0 radical (unpaired) electrons. The highest BCUT2D eigenvalue weighted by Crippen LogP contribution is 2.31. The zero-order valence-electron chi connectivity index (χ0n) is 11.5. The van der Waals surface area contributed by atoms with Crippen LogP contribution in [0.2, 0.25) is 0 Å². The first kappa shape index (κ1) is 15.1. The normalized spacial score (nSPS) is 15.0. The molecule has 8 heteroatoms. The maximum Gasteiger partial charge on any atom is 0.406 e. The first-order chi connectivity index (χ1) is 10.4. The summed E-state index contributed by atoms with van der Waals surface area (Å²) in [5.41, 5.74) is 1.28. The van der Waals surface area contributed by atoms with E-state index in [4.69, 9.17) is 4.42 Å². The number of carbonyl (C=O) groups is 1. The highest BCUT2D eigenvalue weighted by atomic mass is 32.1. The van der Waals surface area contributed by atoms with Gasteiger partial charge in [0.25, 0.3) is 0 Å². The van der Waals surface area contributed by atoms with Crippen LogP contribution < -0.4 is 0 Å². The predicted molar refractivity (Wildman–Crippen MR) is 74.3 cm³/mol. The molecule has 0 saturated heterocycles. The van der Waals surface area contributed by atoms with Crippen LogP contribution in [-0.2, 0) is 11.2 Å². The largest absolute Gasteiger partial charge is 0.472 e. The van der Waals surface area contributed by atoms with Crippen molar-refractivity contribution in [3.8, 4) is 10.6 Å². The molecule has 0 spiro atoms. The molecule has 1 aliphatic rings. The van der Waals surface area contributed by atoms with Gasteiger partial charge in [0.1, 0.15) is 17.8 Å². The van der Waals surface area contributed by atoms with Gasteiger partial charge in [-0.25, -0.2) is 4.98 Å². The first-order valence-electron chi connectivity index (χ1n) is 6.75. The van der Waals surface area contributed by atoms with Crippen LogP contribution in [-0.4, -0.2) is 34.6 Å². The summed E-state index contributed by atoms with van der Waals surface area (Å²) < 4.78 is 42.7. The molecule has 2 heterocycles. The standard InChI is InChI=1S/C14H13F3N2O2S/c15-14(16,17)8-19(11-1-2-11)12(20)5-10-7-22-13(18-10)9-3-4-21-6-9/h3-4,6-7,11H,1-2,5,8H2. The molecule has 0 aromatic carbocycles. The highest BCUT2D eigenvalue weighted by Gasteiger charge is 2.40. The van der Waals surface area contributed by atoms with Gasteiger partial charge in [-0.2, -0.15) is 13.2 Å². The summed E-state index contributed by atoms with van der Waals surface area (Å²) >= 11 is 1.33. The smallest absolute Gasteiger partial charge is 0.406 e. The Labute approximate surface area is 128 Å². The van der Waals surface area contributed by atoms with E-state index in [2.05, 4.69) is 4.98 Å². The molecule has 1 amide bonds. The van der Waals surface area contributed by atoms with Gasteiger partial charge in [0.15, 0.2) is 0 Å². The molecule has 4 nitrogen and oxygen atoms in total. The second-order valence-corrected chi connectivity index (χ2v) is 6.06. The Morgan fingerprint density at radius 2 is 2.23 bits per heavy atom. The molecular weight excluding hydrogens is 317 g/mol. The molecule has 2 aromatic rings. The Balaban J connectivity index is 1.67. The number of rotatable bonds is 5. The van der Waals surface area contributed by atoms with E-state index in [-0.39, 0.29) is 12.5 Å². The van der Waals surface area contributed by atoms with Crippen LogP contribution in [0.5, 0.6) is 0 Å². The Bertz CT molecular complexity index is 647. The van der Waals surface area contributed by atoms with E-state index in [1.807, 2.05) is 0 Å². The van der Waals surface area contributed by atoms with Gasteiger partial charge in [0.2, 0.25) is 5.91 Å². The van der Waals surface area contributed by atoms with Crippen molar-refractivity contribution in [2.45, 2.75) is 31.5 Å². The van der Waals surface area contributed by atoms with Crippen molar-refractivity contribution >= 4 is 17.2 Å². The quantitative estimate of drug-likeness (QED) is 0.843. The lowest BCUT2D eigenvalue weighted by molar-refractivity contribution is -0.162. The fourth-order valence-electron chi connectivity index (χ4n) is 2.16. The van der Waals surface area contributed by atoms with Crippen molar-refractivity contribution in [1.29, 1.82) is 0 Å². The summed E-state index contributed by atoms with van der Waals surface area (Å²) in [6.45, 7) is -1.19. The predicted octanol–water partition coefficient (Wildman–Crippen LogP) is 3.50. The van der Waals surface area contributed by atoms with Gasteiger partial charge in [-0.1, -0.05) is 0 Å². The third-order valence-corrected chi connectivity index (χ3v) is 4.25. The van der Waals surface area contributed by atoms with E-state index in [1.165, 1.54) is 23.9 Å². The van der Waals surface area contributed by atoms with Crippen molar-refractivity contribution in [3.63, 3.8) is 0 Å². The molecule has 0 unspecified atom stereocenters. The molecule has 22 heavy (non-hydrogen) atoms. The number of carbonyl (C=O) groups excluding carboxylic acids is 1. The van der Waals surface area contributed by atoms with Crippen LogP contribution in [0, 0.1) is 0 Å². The lowest BCUT2D eigenvalue weighted by Crippen LogP contribution is -2.41. The number of alkyl halides is 3. The van der Waals surface area contributed by atoms with E-state index >= 15 is 0 Å². The SMILES string of the molecule is O=C(Cc1csc(-c2ccoc2)n1)N(CC(F)(F)F)C1CC1. The van der Waals surface area contributed by atoms with Gasteiger partial charge in [0.05, 0.1) is 18.4 Å². The second-order valence-electron chi connectivity index (χ2n) is 5.20. The third kappa shape index (κ3) is 3.68. The van der Waals surface area contributed by atoms with Crippen LogP contribution in [0.3, 0.4) is 0 Å². The van der Waals surface area contributed by atoms with Gasteiger partial charge in [-0.05, 0) is 18.9 Å². The van der Waals surface area contributed by atoms with E-state index in [0.717, 1.165) is 10.5 Å². The number of nitrogens with zero attached hydrogens (tertiary/aromatic N) is 2. The van der Waals surface area contributed by atoms with Crippen molar-refractivity contribution in [2.24, 2.45) is 0 Å². The summed E-state index contributed by atoms with van der Waals surface area (Å²) in [6.07, 6.45) is -0.161. The lowest BCUT2D eigenvalue weighted by Gasteiger charge is -2.23. The maximum absolute atomic E-state index is 12.6. The summed E-state index contributed by atoms with van der Waals surface area (Å²) in [5, 5.41) is 2.38. The fourth-order valence-corrected chi connectivity index (χ4v) is 2.97. The third-order valence-electron chi connectivity index (χ3n) is 3.31. The number of thiazole rings is 1. The van der Waals surface area contributed by atoms with Gasteiger partial charge in [0, 0.05) is 17.0 Å². The van der Waals surface area contributed by atoms with Crippen LogP contribution in [0.15, 0.2) is 28.4 Å². The Morgan fingerprint density at radius 1 is 1.45 bits per heavy atom. The van der Waals surface area contributed by atoms with Gasteiger partial charge in [-0.15, -0.1) is 11.3 Å². The monoisotopic (exact) mass is 330 g/mol. The lowest BCUT2D eigenvalue weighted by atomic mass is 10.3. The van der Waals surface area contributed by atoms with Crippen LogP contribution >= 0.6 is 11.3 Å². The number of hydrogen-bond acceptors (Lipinski definition) is 4. The second kappa shape index (κ2) is 5.75. The molecule has 0 N–H and O–H groups in total. The Kier molecular flexibility index (Phi) is 3.94. The Hall–Kier alpha value is -1.83. The molecule has 0 bridgehead atoms. The van der Waals surface area contributed by atoms with Crippen LogP contribution in [0.1, 0.15) is 18.5 Å². The molecule has 3 rings (SSSR count). The van der Waals surface area contributed by atoms with Crippen molar-refractivity contribution < 1.29 is 22.4 Å². The van der Waals surface area contributed by atoms with E-state index < -0.39 is 18.6 Å². The minimum atomic E-state index is -4.37. The molecule has 0 atom stereocenters. The van der Waals surface area contributed by atoms with E-state index in [9.17, 15) is 18.0 Å². The number of furan rings is 1. The zero-order chi connectivity index (χ0) is 15.7. The van der Waals surface area contributed by atoms with Gasteiger partial charge < -0.3 is 9.32 Å². The summed E-state index contributed by atoms with van der Waals surface area (Å²) in [5.74, 6) is -0.524. The van der Waals surface area contributed by atoms with Gasteiger partial charge in [-0.3, -0.25) is 4.79 Å². The number of amides is 1. The zero-order valence-corrected chi connectivity index (χ0v) is 12.3. The molecule has 1 saturated carbocycles. The molecular formula is C14H13F3N2O2S. The van der Waals surface area contributed by atoms with Crippen LogP contribution in [0.25, 0.3) is 10.6 Å². The van der Waals surface area contributed by atoms with Crippen molar-refractivity contribution in [2.75, 3.05) is 6.54 Å². The average molecular weight is 330 g/mol. The highest BCUT2D eigenvalue weighted by molar-refractivity contribution is 7.13. The summed E-state index contributed by atoms with van der Waals surface area (Å²) in [4.78, 5) is 17.3. The first-order valence-corrected chi connectivity index (χ1v) is 7.63. The summed E-state index contributed by atoms with van der Waals surface area (Å²) in [6, 6.07) is 1.46. The Morgan fingerprint density at radius 3 is 2.82 bits per heavy atom. The molecule has 2 aromatic heterocycles. The minimum Gasteiger partial charge on any atom is -0.472 e. The maximum atomic E-state index is 12.6. The van der Waals surface area contributed by atoms with Gasteiger partial charge >= 0.3 is 6.18 Å². The molecule has 1 aliphatic carbocycles. The van der Waals surface area contributed by atoms with E-state index in [0.29, 0.717) is 23.5 Å². The average Bonchev–Trinajstić information content (AvgIpc) is 2.94. The molecule has 118 valence electrons. The van der Waals surface area contributed by atoms with Crippen molar-refractivity contribution in [1.82, 2.24) is 9.88 Å². The van der Waals surface area contributed by atoms with Crippen LogP contribution in [0.4, 0.5) is 13.2 Å².